The largest absolute Gasteiger partial charge is 0.493 e. The number of rotatable bonds is 6. The summed E-state index contributed by atoms with van der Waals surface area (Å²) < 4.78 is 11.4. The molecule has 2 amide bonds. The van der Waals surface area contributed by atoms with E-state index in [0.29, 0.717) is 21.5 Å². The van der Waals surface area contributed by atoms with Crippen LogP contribution in [0.4, 0.5) is 0 Å². The molecular formula is C24H22BrN3O6. The number of carbonyl (C=O) groups excluding carboxylic acids is 2. The molecule has 2 saturated heterocycles. The van der Waals surface area contributed by atoms with Gasteiger partial charge >= 0.3 is 5.97 Å². The first-order valence-electron chi connectivity index (χ1n) is 10.6. The number of carboxylic acids is 1. The van der Waals surface area contributed by atoms with Gasteiger partial charge in [-0.05, 0) is 45.3 Å². The molecule has 176 valence electrons. The van der Waals surface area contributed by atoms with Gasteiger partial charge in [-0.3, -0.25) is 25.0 Å². The molecule has 0 radical (unpaired) electrons. The second-order valence-corrected chi connectivity index (χ2v) is 9.38. The van der Waals surface area contributed by atoms with E-state index in [2.05, 4.69) is 31.5 Å². The lowest BCUT2D eigenvalue weighted by atomic mass is 9.76. The number of carbonyl (C=O) groups is 3. The van der Waals surface area contributed by atoms with Crippen LogP contribution in [-0.2, 0) is 20.8 Å². The molecule has 1 aromatic heterocycles. The van der Waals surface area contributed by atoms with E-state index in [9.17, 15) is 19.5 Å². The third-order valence-corrected chi connectivity index (χ3v) is 7.42. The number of hydrogen-bond acceptors (Lipinski definition) is 6. The van der Waals surface area contributed by atoms with Crippen molar-refractivity contribution < 1.29 is 29.0 Å². The molecule has 10 heteroatoms. The van der Waals surface area contributed by atoms with Crippen molar-refractivity contribution in [1.29, 1.82) is 0 Å². The number of hydrogen-bond donors (Lipinski definition) is 4. The molecule has 3 aromatic rings. The van der Waals surface area contributed by atoms with Crippen molar-refractivity contribution >= 4 is 44.6 Å². The average Bonchev–Trinajstić information content (AvgIpc) is 3.47. The number of aliphatic carboxylic acids is 1. The zero-order valence-electron chi connectivity index (χ0n) is 18.3. The van der Waals surface area contributed by atoms with E-state index in [-0.39, 0.29) is 6.42 Å². The Kier molecular flexibility index (Phi) is 5.37. The molecule has 2 aliphatic heterocycles. The summed E-state index contributed by atoms with van der Waals surface area (Å²) in [6.07, 6.45) is 1.76. The van der Waals surface area contributed by atoms with Gasteiger partial charge in [-0.25, -0.2) is 0 Å². The Morgan fingerprint density at radius 2 is 1.91 bits per heavy atom. The van der Waals surface area contributed by atoms with Gasteiger partial charge in [0.25, 0.3) is 0 Å². The average molecular weight is 528 g/mol. The summed E-state index contributed by atoms with van der Waals surface area (Å²) in [5.74, 6) is -3.40. The highest BCUT2D eigenvalue weighted by molar-refractivity contribution is 9.10. The highest BCUT2D eigenvalue weighted by Crippen LogP contribution is 2.50. The number of benzene rings is 2. The number of nitrogens with one attached hydrogen (secondary N) is 3. The zero-order chi connectivity index (χ0) is 24.2. The first-order chi connectivity index (χ1) is 16.3. The van der Waals surface area contributed by atoms with E-state index in [1.54, 1.807) is 18.3 Å². The number of ether oxygens (including phenoxy) is 2. The monoisotopic (exact) mass is 527 g/mol. The van der Waals surface area contributed by atoms with Gasteiger partial charge in [0.05, 0.1) is 30.5 Å². The minimum absolute atomic E-state index is 0.0131. The number of fused-ring (bicyclic) bond motifs is 2. The zero-order valence-corrected chi connectivity index (χ0v) is 19.9. The Morgan fingerprint density at radius 3 is 2.62 bits per heavy atom. The van der Waals surface area contributed by atoms with Crippen LogP contribution in [0.15, 0.2) is 47.1 Å². The second kappa shape index (κ2) is 8.14. The standard InChI is InChI=1S/C24H22BrN3O6/c1-33-16-8-11(7-14(25)20(16)34-2)19-17-18(22(30)27-21(17)29)24(28-19,23(31)32)9-12-10-26-15-6-4-3-5-13(12)15/h3-8,10,17-19,26,28H,9H2,1-2H3,(H,31,32)(H,27,29,30). The molecule has 34 heavy (non-hydrogen) atoms. The van der Waals surface area contributed by atoms with Crippen molar-refractivity contribution in [2.75, 3.05) is 14.2 Å². The van der Waals surface area contributed by atoms with Crippen LogP contribution in [0.25, 0.3) is 10.9 Å². The Bertz CT molecular complexity index is 1340. The molecular weight excluding hydrogens is 506 g/mol. The quantitative estimate of drug-likeness (QED) is 0.362. The van der Waals surface area contributed by atoms with Gasteiger partial charge in [0.2, 0.25) is 11.8 Å². The molecule has 2 aliphatic rings. The van der Waals surface area contributed by atoms with Gasteiger partial charge in [0, 0.05) is 29.6 Å². The topological polar surface area (TPSA) is 130 Å². The maximum Gasteiger partial charge on any atom is 0.325 e. The van der Waals surface area contributed by atoms with E-state index in [0.717, 1.165) is 16.5 Å². The number of H-pyrrole nitrogens is 1. The molecule has 0 spiro atoms. The summed E-state index contributed by atoms with van der Waals surface area (Å²) in [5.41, 5.74) is 0.507. The van der Waals surface area contributed by atoms with Crippen molar-refractivity contribution in [3.05, 3.63) is 58.2 Å². The Balaban J connectivity index is 1.64. The minimum Gasteiger partial charge on any atom is -0.493 e. The molecule has 9 nitrogen and oxygen atoms in total. The fourth-order valence-corrected chi connectivity index (χ4v) is 5.97. The Hall–Kier alpha value is -3.37. The smallest absolute Gasteiger partial charge is 0.325 e. The van der Waals surface area contributed by atoms with E-state index in [1.807, 2.05) is 24.3 Å². The fraction of sp³-hybridized carbons (Fsp3) is 0.292. The van der Waals surface area contributed by atoms with E-state index >= 15 is 0 Å². The molecule has 0 saturated carbocycles. The van der Waals surface area contributed by atoms with Crippen LogP contribution < -0.4 is 20.1 Å². The van der Waals surface area contributed by atoms with Crippen LogP contribution in [0, 0.1) is 11.8 Å². The number of aromatic amines is 1. The van der Waals surface area contributed by atoms with Gasteiger partial charge < -0.3 is 19.6 Å². The van der Waals surface area contributed by atoms with Crippen molar-refractivity contribution in [3.63, 3.8) is 0 Å². The van der Waals surface area contributed by atoms with Gasteiger partial charge in [-0.1, -0.05) is 18.2 Å². The number of methoxy groups -OCH3 is 2. The lowest BCUT2D eigenvalue weighted by Crippen LogP contribution is -2.57. The number of imide groups is 1. The highest BCUT2D eigenvalue weighted by Gasteiger charge is 2.66. The summed E-state index contributed by atoms with van der Waals surface area (Å²) in [4.78, 5) is 41.8. The fourth-order valence-electron chi connectivity index (χ4n) is 5.35. The van der Waals surface area contributed by atoms with E-state index < -0.39 is 41.2 Å². The second-order valence-electron chi connectivity index (χ2n) is 8.53. The molecule has 4 N–H and O–H groups in total. The van der Waals surface area contributed by atoms with Crippen LogP contribution in [-0.4, -0.2) is 47.6 Å². The lowest BCUT2D eigenvalue weighted by molar-refractivity contribution is -0.149. The number of aromatic nitrogens is 1. The lowest BCUT2D eigenvalue weighted by Gasteiger charge is -2.30. The van der Waals surface area contributed by atoms with Crippen LogP contribution in [0.3, 0.4) is 0 Å². The van der Waals surface area contributed by atoms with Crippen LogP contribution >= 0.6 is 15.9 Å². The van der Waals surface area contributed by atoms with Crippen LogP contribution in [0.5, 0.6) is 11.5 Å². The van der Waals surface area contributed by atoms with Gasteiger partial charge in [0.15, 0.2) is 11.5 Å². The van der Waals surface area contributed by atoms with Gasteiger partial charge in [-0.2, -0.15) is 0 Å². The third kappa shape index (κ3) is 3.20. The van der Waals surface area contributed by atoms with E-state index in [4.69, 9.17) is 9.47 Å². The van der Waals surface area contributed by atoms with E-state index in [1.165, 1.54) is 14.2 Å². The summed E-state index contributed by atoms with van der Waals surface area (Å²) in [5, 5.41) is 16.9. The van der Waals surface area contributed by atoms with Crippen molar-refractivity contribution in [3.8, 4) is 11.5 Å². The maximum atomic E-state index is 12.9. The van der Waals surface area contributed by atoms with Gasteiger partial charge in [-0.15, -0.1) is 0 Å². The molecule has 2 aromatic carbocycles. The van der Waals surface area contributed by atoms with Gasteiger partial charge in [0.1, 0.15) is 5.54 Å². The number of carboxylic acid groups (broad SMARTS) is 1. The minimum atomic E-state index is -1.70. The third-order valence-electron chi connectivity index (χ3n) is 6.83. The summed E-state index contributed by atoms with van der Waals surface area (Å²) in [6, 6.07) is 10.2. The maximum absolute atomic E-state index is 12.9. The van der Waals surface area contributed by atoms with Crippen LogP contribution in [0.1, 0.15) is 17.2 Å². The molecule has 5 rings (SSSR count). The Labute approximate surface area is 202 Å². The predicted molar refractivity (Wildman–Crippen MR) is 126 cm³/mol. The Morgan fingerprint density at radius 1 is 1.15 bits per heavy atom. The molecule has 0 aliphatic carbocycles. The predicted octanol–water partition coefficient (Wildman–Crippen LogP) is 2.55. The van der Waals surface area contributed by atoms with Crippen molar-refractivity contribution in [1.82, 2.24) is 15.6 Å². The highest BCUT2D eigenvalue weighted by atomic mass is 79.9. The summed E-state index contributed by atoms with van der Waals surface area (Å²) >= 11 is 3.46. The number of para-hydroxylation sites is 1. The number of halogens is 1. The first-order valence-corrected chi connectivity index (χ1v) is 11.4. The van der Waals surface area contributed by atoms with Crippen LogP contribution in [0.2, 0.25) is 0 Å². The normalized spacial score (nSPS) is 25.9. The molecule has 4 unspecified atom stereocenters. The molecule has 0 bridgehead atoms. The van der Waals surface area contributed by atoms with Crippen molar-refractivity contribution in [2.45, 2.75) is 18.0 Å². The van der Waals surface area contributed by atoms with Crippen molar-refractivity contribution in [2.24, 2.45) is 11.8 Å². The SMILES string of the molecule is COc1cc(C2NC(Cc3c[nH]c4ccccc34)(C(=O)O)C3C(=O)NC(=O)C23)cc(Br)c1OC. The molecule has 3 heterocycles. The molecule has 4 atom stereocenters. The number of amides is 2. The summed E-state index contributed by atoms with van der Waals surface area (Å²) in [7, 11) is 3.00. The summed E-state index contributed by atoms with van der Waals surface area (Å²) in [6.45, 7) is 0. The molecule has 2 fully saturated rings. The first kappa shape index (κ1) is 22.4.